The summed E-state index contributed by atoms with van der Waals surface area (Å²) in [6.45, 7) is 4.57. The Kier molecular flexibility index (Phi) is 7.97. The number of fused-ring (bicyclic) bond motifs is 1. The first-order chi connectivity index (χ1) is 17.3. The van der Waals surface area contributed by atoms with E-state index in [1.54, 1.807) is 4.90 Å². The minimum atomic E-state index is -1.14. The highest BCUT2D eigenvalue weighted by molar-refractivity contribution is 6.14. The van der Waals surface area contributed by atoms with Gasteiger partial charge in [0.25, 0.3) is 11.6 Å². The van der Waals surface area contributed by atoms with E-state index in [-0.39, 0.29) is 29.2 Å². The Labute approximate surface area is 210 Å². The zero-order valence-corrected chi connectivity index (χ0v) is 20.7. The summed E-state index contributed by atoms with van der Waals surface area (Å²) in [4.78, 5) is 43.4. The molecule has 2 amide bonds. The van der Waals surface area contributed by atoms with Gasteiger partial charge in [-0.25, -0.2) is 4.79 Å². The molecule has 1 N–H and O–H groups in total. The standard InChI is InChI=1S/C27H32N4O5/c1-18(2)17-30-23-12-8-7-11-22(23)24(19-9-5-3-4-6-10-19)28-25(26(30)32)29-27(33)36-21-15-13-20(14-16-21)31(34)35/h7-8,11-16,18-19,25H,3-6,9-10,17H2,1-2H3,(H,29,33)/t25-/m1/s1. The van der Waals surface area contributed by atoms with Gasteiger partial charge in [0.2, 0.25) is 6.17 Å². The van der Waals surface area contributed by atoms with Crippen molar-refractivity contribution in [1.82, 2.24) is 5.32 Å². The van der Waals surface area contributed by atoms with Gasteiger partial charge < -0.3 is 9.64 Å². The molecule has 0 bridgehead atoms. The second-order valence-electron chi connectivity index (χ2n) is 9.75. The molecule has 2 aliphatic rings. The van der Waals surface area contributed by atoms with Gasteiger partial charge in [0.05, 0.1) is 16.3 Å². The van der Waals surface area contributed by atoms with Crippen LogP contribution in [0.5, 0.6) is 5.75 Å². The molecule has 1 saturated carbocycles. The number of hydrogen-bond acceptors (Lipinski definition) is 6. The van der Waals surface area contributed by atoms with E-state index in [1.807, 2.05) is 38.1 Å². The topological polar surface area (TPSA) is 114 Å². The molecule has 9 heteroatoms. The fourth-order valence-electron chi connectivity index (χ4n) is 4.87. The predicted molar refractivity (Wildman–Crippen MR) is 137 cm³/mol. The van der Waals surface area contributed by atoms with Gasteiger partial charge in [0.15, 0.2) is 0 Å². The minimum absolute atomic E-state index is 0.110. The molecule has 190 valence electrons. The van der Waals surface area contributed by atoms with E-state index in [1.165, 1.54) is 37.1 Å². The van der Waals surface area contributed by atoms with Crippen LogP contribution in [0.4, 0.5) is 16.2 Å². The van der Waals surface area contributed by atoms with Crippen LogP contribution in [0.1, 0.15) is 57.9 Å². The smallest absolute Gasteiger partial charge is 0.410 e. The fourth-order valence-corrected chi connectivity index (χ4v) is 4.87. The van der Waals surface area contributed by atoms with Crippen LogP contribution in [0.3, 0.4) is 0 Å². The number of benzene rings is 2. The van der Waals surface area contributed by atoms with Crippen LogP contribution < -0.4 is 15.0 Å². The second-order valence-corrected chi connectivity index (χ2v) is 9.75. The van der Waals surface area contributed by atoms with Crippen LogP contribution in [0.25, 0.3) is 0 Å². The molecule has 0 aromatic heterocycles. The van der Waals surface area contributed by atoms with Crippen molar-refractivity contribution in [1.29, 1.82) is 0 Å². The van der Waals surface area contributed by atoms with E-state index < -0.39 is 17.2 Å². The molecule has 1 fully saturated rings. The molecule has 1 heterocycles. The first-order valence-corrected chi connectivity index (χ1v) is 12.5. The van der Waals surface area contributed by atoms with E-state index in [0.29, 0.717) is 6.54 Å². The molecular weight excluding hydrogens is 460 g/mol. The number of amides is 2. The third kappa shape index (κ3) is 5.90. The lowest BCUT2D eigenvalue weighted by Crippen LogP contribution is -2.49. The molecule has 0 spiro atoms. The summed E-state index contributed by atoms with van der Waals surface area (Å²) in [6.07, 6.45) is 4.59. The third-order valence-corrected chi connectivity index (χ3v) is 6.54. The van der Waals surface area contributed by atoms with Gasteiger partial charge in [0, 0.05) is 30.2 Å². The number of nitro groups is 1. The Balaban J connectivity index is 1.65. The number of ether oxygens (including phenoxy) is 1. The zero-order valence-electron chi connectivity index (χ0n) is 20.7. The first kappa shape index (κ1) is 25.3. The molecule has 0 unspecified atom stereocenters. The Morgan fingerprint density at radius 3 is 2.42 bits per heavy atom. The van der Waals surface area contributed by atoms with Crippen molar-refractivity contribution in [2.45, 2.75) is 58.5 Å². The van der Waals surface area contributed by atoms with Crippen LogP contribution in [0.15, 0.2) is 53.5 Å². The number of carbonyl (C=O) groups is 2. The number of nitrogens with one attached hydrogen (secondary N) is 1. The Morgan fingerprint density at radius 1 is 1.11 bits per heavy atom. The SMILES string of the molecule is CC(C)CN1C(=O)[C@@H](NC(=O)Oc2ccc([N+](=O)[O-])cc2)N=C(C2CCCCCC2)c2ccccc21. The van der Waals surface area contributed by atoms with Crippen LogP contribution in [-0.2, 0) is 4.79 Å². The summed E-state index contributed by atoms with van der Waals surface area (Å²) in [7, 11) is 0. The van der Waals surface area contributed by atoms with E-state index in [0.717, 1.165) is 42.6 Å². The zero-order chi connectivity index (χ0) is 25.7. The number of hydrogen-bond donors (Lipinski definition) is 1. The quantitative estimate of drug-likeness (QED) is 0.326. The fraction of sp³-hybridized carbons (Fsp3) is 0.444. The number of anilines is 1. The summed E-state index contributed by atoms with van der Waals surface area (Å²) in [5, 5.41) is 13.5. The Morgan fingerprint density at radius 2 is 1.78 bits per heavy atom. The monoisotopic (exact) mass is 492 g/mol. The summed E-state index contributed by atoms with van der Waals surface area (Å²) in [6, 6.07) is 13.0. The highest BCUT2D eigenvalue weighted by atomic mass is 16.6. The predicted octanol–water partition coefficient (Wildman–Crippen LogP) is 5.47. The lowest BCUT2D eigenvalue weighted by Gasteiger charge is -2.27. The lowest BCUT2D eigenvalue weighted by atomic mass is 9.89. The number of para-hydroxylation sites is 1. The highest BCUT2D eigenvalue weighted by Crippen LogP contribution is 2.33. The van der Waals surface area contributed by atoms with Gasteiger partial charge in [-0.1, -0.05) is 57.7 Å². The second kappa shape index (κ2) is 11.3. The van der Waals surface area contributed by atoms with Crippen LogP contribution >= 0.6 is 0 Å². The van der Waals surface area contributed by atoms with Crippen molar-refractivity contribution >= 4 is 29.1 Å². The van der Waals surface area contributed by atoms with Crippen molar-refractivity contribution in [3.8, 4) is 5.75 Å². The number of benzodiazepines with no additional fused rings is 1. The Hall–Kier alpha value is -3.75. The summed E-state index contributed by atoms with van der Waals surface area (Å²) in [5.74, 6) is 0.222. The maximum Gasteiger partial charge on any atom is 0.414 e. The molecule has 0 saturated heterocycles. The molecule has 9 nitrogen and oxygen atoms in total. The van der Waals surface area contributed by atoms with Gasteiger partial charge in [-0.3, -0.25) is 25.2 Å². The number of rotatable bonds is 6. The van der Waals surface area contributed by atoms with Crippen LogP contribution in [0, 0.1) is 22.0 Å². The number of nitrogens with zero attached hydrogens (tertiary/aromatic N) is 3. The molecular formula is C27H32N4O5. The highest BCUT2D eigenvalue weighted by Gasteiger charge is 2.35. The summed E-state index contributed by atoms with van der Waals surface area (Å²) in [5.41, 5.74) is 2.49. The van der Waals surface area contributed by atoms with E-state index >= 15 is 0 Å². The van der Waals surface area contributed by atoms with Crippen molar-refractivity contribution in [2.75, 3.05) is 11.4 Å². The van der Waals surface area contributed by atoms with Crippen molar-refractivity contribution in [3.63, 3.8) is 0 Å². The number of nitro benzene ring substituents is 1. The van der Waals surface area contributed by atoms with Gasteiger partial charge in [-0.05, 0) is 37.0 Å². The largest absolute Gasteiger partial charge is 0.414 e. The van der Waals surface area contributed by atoms with Gasteiger partial charge in [-0.15, -0.1) is 0 Å². The molecule has 1 aliphatic heterocycles. The number of non-ortho nitro benzene ring substituents is 1. The molecule has 36 heavy (non-hydrogen) atoms. The van der Waals surface area contributed by atoms with Crippen LogP contribution in [-0.4, -0.2) is 35.3 Å². The van der Waals surface area contributed by atoms with Crippen LogP contribution in [0.2, 0.25) is 0 Å². The number of carbonyl (C=O) groups excluding carboxylic acids is 2. The molecule has 1 atom stereocenters. The van der Waals surface area contributed by atoms with E-state index in [4.69, 9.17) is 9.73 Å². The maximum absolute atomic E-state index is 13.7. The summed E-state index contributed by atoms with van der Waals surface area (Å²) >= 11 is 0. The van der Waals surface area contributed by atoms with Crippen molar-refractivity contribution in [2.24, 2.45) is 16.8 Å². The average Bonchev–Trinajstić information content (AvgIpc) is 3.19. The average molecular weight is 493 g/mol. The molecule has 1 aliphatic carbocycles. The molecule has 2 aromatic rings. The van der Waals surface area contributed by atoms with E-state index in [2.05, 4.69) is 5.32 Å². The molecule has 0 radical (unpaired) electrons. The molecule has 4 rings (SSSR count). The van der Waals surface area contributed by atoms with Gasteiger partial charge in [-0.2, -0.15) is 0 Å². The number of aliphatic imine (C=N–C) groups is 1. The van der Waals surface area contributed by atoms with Gasteiger partial charge >= 0.3 is 6.09 Å². The van der Waals surface area contributed by atoms with Gasteiger partial charge in [0.1, 0.15) is 5.75 Å². The van der Waals surface area contributed by atoms with Crippen molar-refractivity contribution < 1.29 is 19.2 Å². The maximum atomic E-state index is 13.7. The summed E-state index contributed by atoms with van der Waals surface area (Å²) < 4.78 is 5.32. The van der Waals surface area contributed by atoms with E-state index in [9.17, 15) is 19.7 Å². The lowest BCUT2D eigenvalue weighted by molar-refractivity contribution is -0.384. The van der Waals surface area contributed by atoms with Crippen molar-refractivity contribution in [3.05, 3.63) is 64.2 Å². The Bertz CT molecular complexity index is 1140. The molecule has 2 aromatic carbocycles. The normalized spacial score (nSPS) is 18.6. The minimum Gasteiger partial charge on any atom is -0.410 e. The first-order valence-electron chi connectivity index (χ1n) is 12.5. The third-order valence-electron chi connectivity index (χ3n) is 6.54.